The van der Waals surface area contributed by atoms with E-state index in [1.807, 2.05) is 0 Å². The van der Waals surface area contributed by atoms with Gasteiger partial charge < -0.3 is 9.84 Å². The summed E-state index contributed by atoms with van der Waals surface area (Å²) >= 11 is 0. The Hall–Kier alpha value is -1.32. The first-order valence-corrected chi connectivity index (χ1v) is 4.53. The second kappa shape index (κ2) is 5.35. The van der Waals surface area contributed by atoms with E-state index in [9.17, 15) is 4.79 Å². The van der Waals surface area contributed by atoms with Crippen LogP contribution in [0.15, 0.2) is 16.8 Å². The van der Waals surface area contributed by atoms with E-state index >= 15 is 0 Å². The van der Waals surface area contributed by atoms with Crippen LogP contribution in [-0.2, 0) is 0 Å². The molecule has 4 heteroatoms. The molecule has 0 aromatic carbocycles. The lowest BCUT2D eigenvalue weighted by molar-refractivity contribution is 0.0916. The molecule has 0 aliphatic carbocycles. The van der Waals surface area contributed by atoms with Crippen LogP contribution in [-0.4, -0.2) is 17.6 Å². The van der Waals surface area contributed by atoms with Gasteiger partial charge in [-0.15, -0.1) is 0 Å². The second-order valence-electron chi connectivity index (χ2n) is 2.84. The van der Waals surface area contributed by atoms with E-state index < -0.39 is 0 Å². The van der Waals surface area contributed by atoms with E-state index in [0.717, 1.165) is 19.3 Å². The van der Waals surface area contributed by atoms with Crippen molar-refractivity contribution >= 4 is 5.91 Å². The molecule has 0 unspecified atom stereocenters. The summed E-state index contributed by atoms with van der Waals surface area (Å²) in [6.07, 6.45) is 4.76. The van der Waals surface area contributed by atoms with E-state index in [0.29, 0.717) is 6.54 Å². The molecule has 4 nitrogen and oxygen atoms in total. The molecule has 0 aliphatic rings. The summed E-state index contributed by atoms with van der Waals surface area (Å²) in [5, 5.41) is 6.20. The molecule has 1 aromatic heterocycles. The predicted molar refractivity (Wildman–Crippen MR) is 48.4 cm³/mol. The Balaban J connectivity index is 2.19. The molecule has 0 fully saturated rings. The van der Waals surface area contributed by atoms with Crippen LogP contribution < -0.4 is 5.32 Å². The monoisotopic (exact) mass is 182 g/mol. The summed E-state index contributed by atoms with van der Waals surface area (Å²) in [6, 6.07) is 1.55. The third-order valence-corrected chi connectivity index (χ3v) is 1.73. The van der Waals surface area contributed by atoms with Gasteiger partial charge in [0.25, 0.3) is 5.91 Å². The SMILES string of the molecule is CCCCCNC(=O)c1ccno1. The predicted octanol–water partition coefficient (Wildman–Crippen LogP) is 1.59. The molecule has 0 saturated heterocycles. The van der Waals surface area contributed by atoms with Crippen molar-refractivity contribution in [1.82, 2.24) is 10.5 Å². The Morgan fingerprint density at radius 2 is 2.46 bits per heavy atom. The summed E-state index contributed by atoms with van der Waals surface area (Å²) in [4.78, 5) is 11.2. The maximum Gasteiger partial charge on any atom is 0.289 e. The zero-order valence-electron chi connectivity index (χ0n) is 7.75. The van der Waals surface area contributed by atoms with Gasteiger partial charge in [-0.05, 0) is 6.42 Å². The third kappa shape index (κ3) is 3.27. The van der Waals surface area contributed by atoms with Gasteiger partial charge in [-0.25, -0.2) is 0 Å². The number of unbranched alkanes of at least 4 members (excludes halogenated alkanes) is 2. The molecule has 0 atom stereocenters. The van der Waals surface area contributed by atoms with Crippen LogP contribution in [0, 0.1) is 0 Å². The van der Waals surface area contributed by atoms with Crippen LogP contribution in [0.25, 0.3) is 0 Å². The smallest absolute Gasteiger partial charge is 0.289 e. The molecule has 0 radical (unpaired) electrons. The van der Waals surface area contributed by atoms with Crippen molar-refractivity contribution in [1.29, 1.82) is 0 Å². The van der Waals surface area contributed by atoms with Crippen molar-refractivity contribution in [3.05, 3.63) is 18.0 Å². The van der Waals surface area contributed by atoms with Crippen molar-refractivity contribution < 1.29 is 9.32 Å². The summed E-state index contributed by atoms with van der Waals surface area (Å²) < 4.78 is 4.69. The van der Waals surface area contributed by atoms with Crippen molar-refractivity contribution in [2.24, 2.45) is 0 Å². The average Bonchev–Trinajstić information content (AvgIpc) is 2.65. The maximum atomic E-state index is 11.2. The van der Waals surface area contributed by atoms with Gasteiger partial charge in [-0.2, -0.15) is 0 Å². The van der Waals surface area contributed by atoms with Crippen LogP contribution in [0.3, 0.4) is 0 Å². The number of carbonyl (C=O) groups is 1. The second-order valence-corrected chi connectivity index (χ2v) is 2.84. The van der Waals surface area contributed by atoms with Gasteiger partial charge >= 0.3 is 0 Å². The summed E-state index contributed by atoms with van der Waals surface area (Å²) in [7, 11) is 0. The van der Waals surface area contributed by atoms with E-state index in [2.05, 4.69) is 17.4 Å². The van der Waals surface area contributed by atoms with Gasteiger partial charge in [0, 0.05) is 12.6 Å². The molecule has 72 valence electrons. The first-order chi connectivity index (χ1) is 6.34. The van der Waals surface area contributed by atoms with Crippen molar-refractivity contribution in [2.45, 2.75) is 26.2 Å². The standard InChI is InChI=1S/C9H14N2O2/c1-2-3-4-6-10-9(12)8-5-7-11-13-8/h5,7H,2-4,6H2,1H3,(H,10,12). The number of aromatic nitrogens is 1. The van der Waals surface area contributed by atoms with Crippen molar-refractivity contribution in [3.63, 3.8) is 0 Å². The van der Waals surface area contributed by atoms with Crippen LogP contribution >= 0.6 is 0 Å². The van der Waals surface area contributed by atoms with Gasteiger partial charge in [0.2, 0.25) is 5.76 Å². The minimum absolute atomic E-state index is 0.186. The Morgan fingerprint density at radius 1 is 1.62 bits per heavy atom. The minimum atomic E-state index is -0.186. The average molecular weight is 182 g/mol. The number of carbonyl (C=O) groups excluding carboxylic acids is 1. The van der Waals surface area contributed by atoms with E-state index in [4.69, 9.17) is 4.52 Å². The van der Waals surface area contributed by atoms with Gasteiger partial charge in [0.15, 0.2) is 0 Å². The van der Waals surface area contributed by atoms with Gasteiger partial charge in [-0.1, -0.05) is 24.9 Å². The van der Waals surface area contributed by atoms with Gasteiger partial charge in [0.1, 0.15) is 0 Å². The zero-order valence-corrected chi connectivity index (χ0v) is 7.75. The molecule has 0 spiro atoms. The molecule has 1 heterocycles. The Labute approximate surface area is 77.3 Å². The summed E-state index contributed by atoms with van der Waals surface area (Å²) in [5.74, 6) is 0.0881. The number of rotatable bonds is 5. The number of nitrogens with zero attached hydrogens (tertiary/aromatic N) is 1. The third-order valence-electron chi connectivity index (χ3n) is 1.73. The Kier molecular flexibility index (Phi) is 4.02. The molecule has 0 bridgehead atoms. The lowest BCUT2D eigenvalue weighted by atomic mass is 10.2. The summed E-state index contributed by atoms with van der Waals surface area (Å²) in [6.45, 7) is 2.83. The fraction of sp³-hybridized carbons (Fsp3) is 0.556. The Bertz CT molecular complexity index is 244. The summed E-state index contributed by atoms with van der Waals surface area (Å²) in [5.41, 5.74) is 0. The van der Waals surface area contributed by atoms with E-state index in [-0.39, 0.29) is 11.7 Å². The molecule has 1 aromatic rings. The topological polar surface area (TPSA) is 55.1 Å². The lowest BCUT2D eigenvalue weighted by Gasteiger charge is -2.00. The van der Waals surface area contributed by atoms with Gasteiger partial charge in [-0.3, -0.25) is 4.79 Å². The highest BCUT2D eigenvalue weighted by Gasteiger charge is 2.07. The zero-order chi connectivity index (χ0) is 9.52. The minimum Gasteiger partial charge on any atom is -0.351 e. The molecule has 0 saturated carbocycles. The van der Waals surface area contributed by atoms with Crippen LogP contribution in [0.1, 0.15) is 36.7 Å². The largest absolute Gasteiger partial charge is 0.351 e. The van der Waals surface area contributed by atoms with Gasteiger partial charge in [0.05, 0.1) is 6.20 Å². The number of amides is 1. The molecule has 1 amide bonds. The normalized spacial score (nSPS) is 9.92. The van der Waals surface area contributed by atoms with Crippen molar-refractivity contribution in [3.8, 4) is 0 Å². The fourth-order valence-corrected chi connectivity index (χ4v) is 0.997. The fourth-order valence-electron chi connectivity index (χ4n) is 0.997. The van der Waals surface area contributed by atoms with Crippen LogP contribution in [0.5, 0.6) is 0 Å². The Morgan fingerprint density at radius 3 is 3.08 bits per heavy atom. The van der Waals surface area contributed by atoms with Crippen molar-refractivity contribution in [2.75, 3.05) is 6.54 Å². The number of hydrogen-bond acceptors (Lipinski definition) is 3. The quantitative estimate of drug-likeness (QED) is 0.703. The van der Waals surface area contributed by atoms with E-state index in [1.165, 1.54) is 6.20 Å². The first-order valence-electron chi connectivity index (χ1n) is 4.53. The molecule has 0 aliphatic heterocycles. The van der Waals surface area contributed by atoms with Crippen LogP contribution in [0.4, 0.5) is 0 Å². The molecule has 1 rings (SSSR count). The molecular formula is C9H14N2O2. The van der Waals surface area contributed by atoms with E-state index in [1.54, 1.807) is 6.07 Å². The maximum absolute atomic E-state index is 11.2. The first kappa shape index (κ1) is 9.77. The molecular weight excluding hydrogens is 168 g/mol. The molecule has 1 N–H and O–H groups in total. The molecule has 13 heavy (non-hydrogen) atoms. The number of hydrogen-bond donors (Lipinski definition) is 1. The highest BCUT2D eigenvalue weighted by molar-refractivity contribution is 5.91. The number of nitrogens with one attached hydrogen (secondary N) is 1. The highest BCUT2D eigenvalue weighted by atomic mass is 16.5. The highest BCUT2D eigenvalue weighted by Crippen LogP contribution is 1.96. The lowest BCUT2D eigenvalue weighted by Crippen LogP contribution is -2.23. The van der Waals surface area contributed by atoms with Crippen LogP contribution in [0.2, 0.25) is 0 Å².